The maximum Gasteiger partial charge on any atom is 0.128 e. The van der Waals surface area contributed by atoms with Crippen LogP contribution in [0.25, 0.3) is 6.08 Å². The first-order chi connectivity index (χ1) is 12.5. The lowest BCUT2D eigenvalue weighted by atomic mass is 9.85. The lowest BCUT2D eigenvalue weighted by Gasteiger charge is -2.14. The van der Waals surface area contributed by atoms with Gasteiger partial charge in [0.2, 0.25) is 0 Å². The molecule has 5 heteroatoms. The number of nitrogens with zero attached hydrogens (tertiary/aromatic N) is 1. The average molecular weight is 342 g/mol. The molecule has 2 aromatic rings. The van der Waals surface area contributed by atoms with Crippen LogP contribution >= 0.6 is 0 Å². The summed E-state index contributed by atoms with van der Waals surface area (Å²) in [4.78, 5) is 4.44. The first-order valence-corrected chi connectivity index (χ1v) is 8.84. The van der Waals surface area contributed by atoms with Crippen molar-refractivity contribution < 1.29 is 4.39 Å². The Hall–Kier alpha value is -2.29. The molecule has 0 saturated heterocycles. The van der Waals surface area contributed by atoms with Gasteiger partial charge < -0.3 is 5.32 Å². The Balaban J connectivity index is 1.91. The van der Waals surface area contributed by atoms with Crippen molar-refractivity contribution in [3.05, 3.63) is 69.4 Å². The number of benzene rings is 2. The number of allylic oxidation sites excluding steroid dienone is 1. The maximum absolute atomic E-state index is 14.5. The summed E-state index contributed by atoms with van der Waals surface area (Å²) in [6.45, 7) is 5.43. The fraction of sp³-hybridized carbons (Fsp3) is 0.286. The van der Waals surface area contributed by atoms with E-state index in [0.717, 1.165) is 46.7 Å². The van der Waals surface area contributed by atoms with Crippen molar-refractivity contribution in [3.63, 3.8) is 0 Å². The molecule has 0 fully saturated rings. The van der Waals surface area contributed by atoms with E-state index in [-0.39, 0.29) is 5.82 Å². The second-order valence-corrected chi connectivity index (χ2v) is 6.71. The molecule has 2 aromatic carbocycles. The molecule has 0 aromatic heterocycles. The lowest BCUT2D eigenvalue weighted by Crippen LogP contribution is -2.21. The van der Waals surface area contributed by atoms with Gasteiger partial charge in [0.25, 0.3) is 0 Å². The molecular formula is C21H21B2FN2. The van der Waals surface area contributed by atoms with Crippen LogP contribution in [0.1, 0.15) is 34.7 Å². The van der Waals surface area contributed by atoms with Crippen molar-refractivity contribution >= 4 is 33.1 Å². The molecule has 0 amide bonds. The second kappa shape index (κ2) is 7.94. The number of hydrogen-bond acceptors (Lipinski definition) is 2. The Morgan fingerprint density at radius 1 is 1.31 bits per heavy atom. The number of amidine groups is 1. The van der Waals surface area contributed by atoms with Crippen LogP contribution in [0.15, 0.2) is 40.8 Å². The van der Waals surface area contributed by atoms with Gasteiger partial charge in [0, 0.05) is 12.1 Å². The highest BCUT2D eigenvalue weighted by atomic mass is 19.1. The van der Waals surface area contributed by atoms with Crippen molar-refractivity contribution in [2.75, 3.05) is 13.1 Å². The molecule has 1 aliphatic rings. The van der Waals surface area contributed by atoms with Crippen molar-refractivity contribution in [1.29, 1.82) is 0 Å². The van der Waals surface area contributed by atoms with E-state index in [1.807, 2.05) is 31.2 Å². The normalized spacial score (nSPS) is 14.3. The third kappa shape index (κ3) is 4.09. The molecule has 1 aliphatic heterocycles. The summed E-state index contributed by atoms with van der Waals surface area (Å²) in [6.07, 6.45) is 3.20. The molecule has 1 heterocycles. The molecule has 128 valence electrons. The molecule has 0 unspecified atom stereocenters. The van der Waals surface area contributed by atoms with Gasteiger partial charge in [-0.2, -0.15) is 0 Å². The van der Waals surface area contributed by atoms with Crippen molar-refractivity contribution in [3.8, 4) is 0 Å². The van der Waals surface area contributed by atoms with E-state index >= 15 is 0 Å². The van der Waals surface area contributed by atoms with E-state index in [1.54, 1.807) is 6.07 Å². The van der Waals surface area contributed by atoms with Crippen molar-refractivity contribution in [1.82, 2.24) is 5.32 Å². The molecular weight excluding hydrogens is 321 g/mol. The molecule has 2 nitrogen and oxygen atoms in total. The molecule has 0 aliphatic carbocycles. The Bertz CT molecular complexity index is 884. The third-order valence-electron chi connectivity index (χ3n) is 4.65. The van der Waals surface area contributed by atoms with Gasteiger partial charge in [-0.3, -0.25) is 4.99 Å². The number of aryl methyl sites for hydroxylation is 1. The van der Waals surface area contributed by atoms with E-state index in [9.17, 15) is 4.39 Å². The molecule has 4 radical (unpaired) electrons. The van der Waals surface area contributed by atoms with Crippen molar-refractivity contribution in [2.45, 2.75) is 26.7 Å². The van der Waals surface area contributed by atoms with Gasteiger partial charge in [-0.25, -0.2) is 4.39 Å². The predicted molar refractivity (Wildman–Crippen MR) is 109 cm³/mol. The molecule has 26 heavy (non-hydrogen) atoms. The van der Waals surface area contributed by atoms with Gasteiger partial charge in [-0.05, 0) is 48.1 Å². The van der Waals surface area contributed by atoms with Gasteiger partial charge in [-0.1, -0.05) is 42.7 Å². The summed E-state index contributed by atoms with van der Waals surface area (Å²) in [5.74, 6) is 0.588. The van der Waals surface area contributed by atoms with Gasteiger partial charge in [-0.15, -0.1) is 5.47 Å². The number of aliphatic imine (C=N–C) groups is 1. The molecule has 0 bridgehead atoms. The standard InChI is InChI=1S/C21H21B2FN2/c1-13(22)10-16-12-17(23)11-15(14(16)2)6-7-18-19(4-3-5-20(18)24)21-25-8-9-26-21/h3-5,10-12H,6-9H2,1-2H3,(H,25,26)/b13-10+. The number of halogens is 1. The van der Waals surface area contributed by atoms with E-state index < -0.39 is 0 Å². The van der Waals surface area contributed by atoms with Crippen LogP contribution in [-0.4, -0.2) is 34.6 Å². The summed E-state index contributed by atoms with van der Waals surface area (Å²) >= 11 is 0. The summed E-state index contributed by atoms with van der Waals surface area (Å²) in [6, 6.07) is 9.04. The highest BCUT2D eigenvalue weighted by molar-refractivity contribution is 6.32. The SMILES string of the molecule is [B]/C(C)=C/c1cc([B])cc(CCc2c(F)cccc2C2=NCCN2)c1C. The van der Waals surface area contributed by atoms with E-state index in [4.69, 9.17) is 15.7 Å². The summed E-state index contributed by atoms with van der Waals surface area (Å²) in [7, 11) is 11.9. The maximum atomic E-state index is 14.5. The first kappa shape index (κ1) is 18.5. The average Bonchev–Trinajstić information content (AvgIpc) is 3.11. The smallest absolute Gasteiger partial charge is 0.128 e. The Kier molecular flexibility index (Phi) is 5.65. The van der Waals surface area contributed by atoms with Gasteiger partial charge in [0.05, 0.1) is 6.54 Å². The Morgan fingerprint density at radius 3 is 2.81 bits per heavy atom. The van der Waals surface area contributed by atoms with Crippen LogP contribution in [0.3, 0.4) is 0 Å². The molecule has 3 rings (SSSR count). The van der Waals surface area contributed by atoms with Gasteiger partial charge in [0.15, 0.2) is 0 Å². The molecule has 0 saturated carbocycles. The third-order valence-corrected chi connectivity index (χ3v) is 4.65. The number of hydrogen-bond donors (Lipinski definition) is 1. The zero-order valence-electron chi connectivity index (χ0n) is 15.3. The number of nitrogens with one attached hydrogen (secondary N) is 1. The van der Waals surface area contributed by atoms with E-state index in [2.05, 4.69) is 17.2 Å². The van der Waals surface area contributed by atoms with Crippen LogP contribution in [0.2, 0.25) is 0 Å². The van der Waals surface area contributed by atoms with Crippen LogP contribution < -0.4 is 10.8 Å². The monoisotopic (exact) mass is 342 g/mol. The Labute approximate surface area is 157 Å². The molecule has 0 atom stereocenters. The highest BCUT2D eigenvalue weighted by Crippen LogP contribution is 2.21. The van der Waals surface area contributed by atoms with Crippen LogP contribution in [0.4, 0.5) is 4.39 Å². The Morgan fingerprint density at radius 2 is 2.12 bits per heavy atom. The fourth-order valence-corrected chi connectivity index (χ4v) is 3.35. The van der Waals surface area contributed by atoms with Crippen molar-refractivity contribution in [2.24, 2.45) is 4.99 Å². The van der Waals surface area contributed by atoms with E-state index in [0.29, 0.717) is 23.9 Å². The zero-order valence-corrected chi connectivity index (χ0v) is 15.3. The summed E-state index contributed by atoms with van der Waals surface area (Å²) in [5, 5.41) is 3.23. The molecule has 1 N–H and O–H groups in total. The minimum absolute atomic E-state index is 0.196. The van der Waals surface area contributed by atoms with Gasteiger partial charge >= 0.3 is 0 Å². The lowest BCUT2D eigenvalue weighted by molar-refractivity contribution is 0.608. The van der Waals surface area contributed by atoms with Crippen LogP contribution in [0.5, 0.6) is 0 Å². The minimum atomic E-state index is -0.196. The number of rotatable bonds is 5. The van der Waals surface area contributed by atoms with E-state index in [1.165, 1.54) is 6.07 Å². The van der Waals surface area contributed by atoms with Gasteiger partial charge in [0.1, 0.15) is 27.3 Å². The first-order valence-electron chi connectivity index (χ1n) is 8.84. The second-order valence-electron chi connectivity index (χ2n) is 6.71. The highest BCUT2D eigenvalue weighted by Gasteiger charge is 2.16. The van der Waals surface area contributed by atoms with Crippen LogP contribution in [-0.2, 0) is 12.8 Å². The summed E-state index contributed by atoms with van der Waals surface area (Å²) in [5.41, 5.74) is 6.19. The zero-order chi connectivity index (χ0) is 18.7. The quantitative estimate of drug-likeness (QED) is 0.830. The minimum Gasteiger partial charge on any atom is -0.368 e. The summed E-state index contributed by atoms with van der Waals surface area (Å²) < 4.78 is 14.5. The fourth-order valence-electron chi connectivity index (χ4n) is 3.35. The molecule has 0 spiro atoms. The predicted octanol–water partition coefficient (Wildman–Crippen LogP) is 2.59. The van der Waals surface area contributed by atoms with Crippen LogP contribution in [0, 0.1) is 12.7 Å². The largest absolute Gasteiger partial charge is 0.368 e. The topological polar surface area (TPSA) is 24.4 Å².